The predicted octanol–water partition coefficient (Wildman–Crippen LogP) is 0.288. The average molecular weight is 326 g/mol. The van der Waals surface area contributed by atoms with E-state index in [9.17, 15) is 18.0 Å². The van der Waals surface area contributed by atoms with E-state index in [1.807, 2.05) is 0 Å². The number of carbonyl (C=O) groups is 2. The van der Waals surface area contributed by atoms with Crippen LogP contribution in [-0.2, 0) is 19.6 Å². The summed E-state index contributed by atoms with van der Waals surface area (Å²) >= 11 is 0. The molecular formula is C14H18N2O5S. The Morgan fingerprint density at radius 1 is 1.27 bits per heavy atom. The van der Waals surface area contributed by atoms with Crippen LogP contribution in [0, 0.1) is 5.92 Å². The zero-order valence-corrected chi connectivity index (χ0v) is 12.8. The van der Waals surface area contributed by atoms with Gasteiger partial charge in [-0.25, -0.2) is 13.1 Å². The lowest BCUT2D eigenvalue weighted by molar-refractivity contribution is -0.141. The van der Waals surface area contributed by atoms with Gasteiger partial charge in [-0.2, -0.15) is 0 Å². The van der Waals surface area contributed by atoms with Crippen LogP contribution in [0.2, 0.25) is 0 Å². The molecular weight excluding hydrogens is 308 g/mol. The number of carboxylic acids is 1. The number of likely N-dealkylation sites (tertiary alicyclic amines) is 1. The molecule has 1 unspecified atom stereocenters. The minimum Gasteiger partial charge on any atom is -0.481 e. The van der Waals surface area contributed by atoms with E-state index in [2.05, 4.69) is 4.72 Å². The molecule has 0 spiro atoms. The highest BCUT2D eigenvalue weighted by Crippen LogP contribution is 2.17. The minimum atomic E-state index is -3.62. The third kappa shape index (κ3) is 4.05. The molecule has 0 saturated carbocycles. The second-order valence-corrected chi connectivity index (χ2v) is 6.89. The molecule has 1 aliphatic heterocycles. The molecule has 1 aromatic carbocycles. The molecule has 1 atom stereocenters. The molecule has 0 aliphatic carbocycles. The molecule has 0 bridgehead atoms. The molecule has 8 heteroatoms. The lowest BCUT2D eigenvalue weighted by atomic mass is 10.1. The summed E-state index contributed by atoms with van der Waals surface area (Å²) in [6.45, 7) is 0.588. The second kappa shape index (κ2) is 6.89. The Labute approximate surface area is 129 Å². The third-order valence-electron chi connectivity index (χ3n) is 3.57. The Bertz CT molecular complexity index is 644. The quantitative estimate of drug-likeness (QED) is 0.782. The van der Waals surface area contributed by atoms with Gasteiger partial charge in [0.05, 0.1) is 10.8 Å². The monoisotopic (exact) mass is 326 g/mol. The first kappa shape index (κ1) is 16.4. The van der Waals surface area contributed by atoms with E-state index in [0.29, 0.717) is 13.0 Å². The first-order chi connectivity index (χ1) is 10.4. The third-order valence-corrected chi connectivity index (χ3v) is 5.05. The van der Waals surface area contributed by atoms with Crippen LogP contribution in [0.5, 0.6) is 0 Å². The van der Waals surface area contributed by atoms with Crippen LogP contribution in [0.15, 0.2) is 35.2 Å². The molecule has 1 heterocycles. The zero-order valence-electron chi connectivity index (χ0n) is 11.9. The van der Waals surface area contributed by atoms with E-state index in [4.69, 9.17) is 5.11 Å². The number of nitrogens with one attached hydrogen (secondary N) is 1. The van der Waals surface area contributed by atoms with Gasteiger partial charge < -0.3 is 10.0 Å². The lowest BCUT2D eigenvalue weighted by Gasteiger charge is -2.15. The van der Waals surface area contributed by atoms with Crippen molar-refractivity contribution >= 4 is 21.9 Å². The van der Waals surface area contributed by atoms with Crippen molar-refractivity contribution < 1.29 is 23.1 Å². The Hall–Kier alpha value is -1.93. The van der Waals surface area contributed by atoms with Crippen molar-refractivity contribution in [3.8, 4) is 0 Å². The van der Waals surface area contributed by atoms with Gasteiger partial charge in [-0.15, -0.1) is 0 Å². The van der Waals surface area contributed by atoms with Gasteiger partial charge in [0.2, 0.25) is 15.9 Å². The normalized spacial score (nSPS) is 18.4. The topological polar surface area (TPSA) is 104 Å². The number of hydrogen-bond acceptors (Lipinski definition) is 4. The highest BCUT2D eigenvalue weighted by molar-refractivity contribution is 7.89. The highest BCUT2D eigenvalue weighted by atomic mass is 32.2. The fourth-order valence-corrected chi connectivity index (χ4v) is 3.37. The molecule has 120 valence electrons. The highest BCUT2D eigenvalue weighted by Gasteiger charge is 2.30. The number of sulfonamides is 1. The molecule has 1 aromatic rings. The van der Waals surface area contributed by atoms with Crippen LogP contribution in [0.1, 0.15) is 12.8 Å². The van der Waals surface area contributed by atoms with Crippen molar-refractivity contribution in [2.45, 2.75) is 17.7 Å². The van der Waals surface area contributed by atoms with Gasteiger partial charge in [0.15, 0.2) is 0 Å². The van der Waals surface area contributed by atoms with Crippen molar-refractivity contribution in [3.05, 3.63) is 30.3 Å². The van der Waals surface area contributed by atoms with E-state index < -0.39 is 21.9 Å². The van der Waals surface area contributed by atoms with Gasteiger partial charge in [-0.3, -0.25) is 9.59 Å². The number of nitrogens with zero attached hydrogens (tertiary/aromatic N) is 1. The summed E-state index contributed by atoms with van der Waals surface area (Å²) in [4.78, 5) is 24.4. The number of carboxylic acid groups (broad SMARTS) is 1. The zero-order chi connectivity index (χ0) is 16.2. The summed E-state index contributed by atoms with van der Waals surface area (Å²) in [5, 5.41) is 8.89. The summed E-state index contributed by atoms with van der Waals surface area (Å²) in [5.41, 5.74) is 0. The summed E-state index contributed by atoms with van der Waals surface area (Å²) in [5.74, 6) is -1.66. The van der Waals surface area contributed by atoms with Crippen molar-refractivity contribution in [1.29, 1.82) is 0 Å². The summed E-state index contributed by atoms with van der Waals surface area (Å²) in [7, 11) is -3.62. The van der Waals surface area contributed by atoms with Gasteiger partial charge in [-0.05, 0) is 18.6 Å². The number of amides is 1. The van der Waals surface area contributed by atoms with Crippen LogP contribution < -0.4 is 4.72 Å². The van der Waals surface area contributed by atoms with Gasteiger partial charge in [0.1, 0.15) is 0 Å². The van der Waals surface area contributed by atoms with Crippen LogP contribution in [-0.4, -0.2) is 49.9 Å². The van der Waals surface area contributed by atoms with E-state index in [1.165, 1.54) is 17.0 Å². The van der Waals surface area contributed by atoms with Crippen molar-refractivity contribution in [1.82, 2.24) is 9.62 Å². The van der Waals surface area contributed by atoms with E-state index >= 15 is 0 Å². The molecule has 22 heavy (non-hydrogen) atoms. The first-order valence-electron chi connectivity index (χ1n) is 6.95. The number of rotatable bonds is 6. The Balaban J connectivity index is 1.82. The van der Waals surface area contributed by atoms with Crippen LogP contribution in [0.25, 0.3) is 0 Å². The van der Waals surface area contributed by atoms with Gasteiger partial charge >= 0.3 is 5.97 Å². The maximum Gasteiger partial charge on any atom is 0.308 e. The standard InChI is InChI=1S/C14H18N2O5S/c17-13(16-9-7-11(10-16)14(18)19)6-8-15-22(20,21)12-4-2-1-3-5-12/h1-5,11,15H,6-10H2,(H,18,19). The molecule has 2 N–H and O–H groups in total. The fourth-order valence-electron chi connectivity index (χ4n) is 2.32. The maximum absolute atomic E-state index is 12.0. The number of carbonyl (C=O) groups excluding carboxylic acids is 1. The summed E-state index contributed by atoms with van der Waals surface area (Å²) in [6, 6.07) is 7.91. The largest absolute Gasteiger partial charge is 0.481 e. The predicted molar refractivity (Wildman–Crippen MR) is 78.6 cm³/mol. The molecule has 1 amide bonds. The van der Waals surface area contributed by atoms with Crippen LogP contribution in [0.4, 0.5) is 0 Å². The second-order valence-electron chi connectivity index (χ2n) is 5.12. The van der Waals surface area contributed by atoms with E-state index in [1.54, 1.807) is 18.2 Å². The van der Waals surface area contributed by atoms with Gasteiger partial charge in [0, 0.05) is 26.1 Å². The summed E-state index contributed by atoms with van der Waals surface area (Å²) < 4.78 is 26.3. The molecule has 1 aliphatic rings. The Morgan fingerprint density at radius 3 is 2.55 bits per heavy atom. The van der Waals surface area contributed by atoms with Crippen LogP contribution >= 0.6 is 0 Å². The number of hydrogen-bond donors (Lipinski definition) is 2. The average Bonchev–Trinajstić information content (AvgIpc) is 2.98. The smallest absolute Gasteiger partial charge is 0.308 e. The molecule has 7 nitrogen and oxygen atoms in total. The Kier molecular flexibility index (Phi) is 5.15. The Morgan fingerprint density at radius 2 is 1.95 bits per heavy atom. The van der Waals surface area contributed by atoms with Crippen molar-refractivity contribution in [2.75, 3.05) is 19.6 Å². The minimum absolute atomic E-state index is 0.00962. The molecule has 1 saturated heterocycles. The number of benzene rings is 1. The number of aliphatic carboxylic acids is 1. The summed E-state index contributed by atoms with van der Waals surface area (Å²) in [6.07, 6.45) is 0.454. The van der Waals surface area contributed by atoms with Crippen molar-refractivity contribution in [2.24, 2.45) is 5.92 Å². The van der Waals surface area contributed by atoms with E-state index in [0.717, 1.165) is 0 Å². The molecule has 0 radical (unpaired) electrons. The van der Waals surface area contributed by atoms with Crippen LogP contribution in [0.3, 0.4) is 0 Å². The SMILES string of the molecule is O=C(O)C1CCN(C(=O)CCNS(=O)(=O)c2ccccc2)C1. The van der Waals surface area contributed by atoms with Gasteiger partial charge in [-0.1, -0.05) is 18.2 Å². The molecule has 2 rings (SSSR count). The molecule has 0 aromatic heterocycles. The van der Waals surface area contributed by atoms with Crippen molar-refractivity contribution in [3.63, 3.8) is 0 Å². The lowest BCUT2D eigenvalue weighted by Crippen LogP contribution is -2.33. The first-order valence-corrected chi connectivity index (χ1v) is 8.44. The van der Waals surface area contributed by atoms with Gasteiger partial charge in [0.25, 0.3) is 0 Å². The molecule has 1 fully saturated rings. The maximum atomic E-state index is 12.0. The van der Waals surface area contributed by atoms with E-state index in [-0.39, 0.29) is 30.3 Å². The fraction of sp³-hybridized carbons (Fsp3) is 0.429.